The standard InChI is InChI=1S/C18H24N4O3/c1-24-15-8-6-13(11-16(15)25-2)7-9-17(23)22-10-4-3-5-14(22)18-19-12-20-21-18/h6,8,11-12,14H,3-5,7,9-10H2,1-2H3,(H,19,20,21)/t14-/m0/s1. The quantitative estimate of drug-likeness (QED) is 0.871. The zero-order valence-electron chi connectivity index (χ0n) is 14.7. The molecule has 0 aliphatic carbocycles. The van der Waals surface area contributed by atoms with Crippen LogP contribution >= 0.6 is 0 Å². The molecular formula is C18H24N4O3. The molecule has 1 saturated heterocycles. The van der Waals surface area contributed by atoms with E-state index in [1.165, 1.54) is 6.33 Å². The number of rotatable bonds is 6. The number of hydrogen-bond acceptors (Lipinski definition) is 5. The number of hydrogen-bond donors (Lipinski definition) is 1. The SMILES string of the molecule is COc1ccc(CCC(=O)N2CCCC[C@H]2c2ncn[nH]2)cc1OC. The lowest BCUT2D eigenvalue weighted by Gasteiger charge is -2.34. The van der Waals surface area contributed by atoms with Crippen LogP contribution in [0.2, 0.25) is 0 Å². The number of aromatic amines is 1. The number of carbonyl (C=O) groups is 1. The van der Waals surface area contributed by atoms with Crippen LogP contribution in [0, 0.1) is 0 Å². The molecule has 2 aromatic rings. The molecule has 1 fully saturated rings. The number of H-pyrrole nitrogens is 1. The Hall–Kier alpha value is -2.57. The first-order valence-corrected chi connectivity index (χ1v) is 8.58. The van der Waals surface area contributed by atoms with Crippen LogP contribution in [0.4, 0.5) is 0 Å². The third kappa shape index (κ3) is 3.92. The minimum atomic E-state index is 0.00848. The van der Waals surface area contributed by atoms with Crippen molar-refractivity contribution in [1.82, 2.24) is 20.1 Å². The summed E-state index contributed by atoms with van der Waals surface area (Å²) in [4.78, 5) is 18.9. The summed E-state index contributed by atoms with van der Waals surface area (Å²) >= 11 is 0. The Morgan fingerprint density at radius 1 is 1.28 bits per heavy atom. The van der Waals surface area contributed by atoms with E-state index in [0.717, 1.165) is 37.2 Å². The lowest BCUT2D eigenvalue weighted by Crippen LogP contribution is -2.39. The second-order valence-electron chi connectivity index (χ2n) is 6.16. The Balaban J connectivity index is 1.65. The number of aryl methyl sites for hydroxylation is 1. The monoisotopic (exact) mass is 344 g/mol. The van der Waals surface area contributed by atoms with Gasteiger partial charge in [0.15, 0.2) is 11.5 Å². The molecule has 1 aliphatic rings. The highest BCUT2D eigenvalue weighted by molar-refractivity contribution is 5.77. The van der Waals surface area contributed by atoms with E-state index < -0.39 is 0 Å². The Bertz CT molecular complexity index is 702. The van der Waals surface area contributed by atoms with Gasteiger partial charge in [-0.05, 0) is 43.4 Å². The summed E-state index contributed by atoms with van der Waals surface area (Å²) in [6.07, 6.45) is 5.68. The first-order valence-electron chi connectivity index (χ1n) is 8.58. The van der Waals surface area contributed by atoms with Gasteiger partial charge in [-0.15, -0.1) is 0 Å². The topological polar surface area (TPSA) is 80.3 Å². The molecular weight excluding hydrogens is 320 g/mol. The Labute approximate surface area is 147 Å². The van der Waals surface area contributed by atoms with Crippen LogP contribution in [0.15, 0.2) is 24.5 Å². The number of amides is 1. The van der Waals surface area contributed by atoms with Crippen LogP contribution in [0.1, 0.15) is 43.1 Å². The second-order valence-corrected chi connectivity index (χ2v) is 6.16. The molecule has 7 heteroatoms. The van der Waals surface area contributed by atoms with Gasteiger partial charge in [0.1, 0.15) is 12.2 Å². The first kappa shape index (κ1) is 17.3. The summed E-state index contributed by atoms with van der Waals surface area (Å²) < 4.78 is 10.6. The zero-order valence-corrected chi connectivity index (χ0v) is 14.7. The maximum absolute atomic E-state index is 12.8. The molecule has 0 unspecified atom stereocenters. The summed E-state index contributed by atoms with van der Waals surface area (Å²) in [5, 5.41) is 6.83. The van der Waals surface area contributed by atoms with Gasteiger partial charge in [-0.3, -0.25) is 9.89 Å². The minimum Gasteiger partial charge on any atom is -0.493 e. The van der Waals surface area contributed by atoms with Gasteiger partial charge >= 0.3 is 0 Å². The zero-order chi connectivity index (χ0) is 17.6. The van der Waals surface area contributed by atoms with E-state index >= 15 is 0 Å². The maximum Gasteiger partial charge on any atom is 0.223 e. The number of benzene rings is 1. The van der Waals surface area contributed by atoms with Gasteiger partial charge in [0.2, 0.25) is 5.91 Å². The minimum absolute atomic E-state index is 0.00848. The van der Waals surface area contributed by atoms with Crippen molar-refractivity contribution in [2.45, 2.75) is 38.1 Å². The van der Waals surface area contributed by atoms with Crippen LogP contribution in [0.5, 0.6) is 11.5 Å². The Morgan fingerprint density at radius 2 is 2.12 bits per heavy atom. The summed E-state index contributed by atoms with van der Waals surface area (Å²) in [7, 11) is 3.23. The van der Waals surface area contributed by atoms with Crippen LogP contribution in [0.25, 0.3) is 0 Å². The van der Waals surface area contributed by atoms with Crippen molar-refractivity contribution in [3.63, 3.8) is 0 Å². The molecule has 1 aromatic carbocycles. The summed E-state index contributed by atoms with van der Waals surface area (Å²) in [6.45, 7) is 0.774. The molecule has 25 heavy (non-hydrogen) atoms. The van der Waals surface area contributed by atoms with Gasteiger partial charge < -0.3 is 14.4 Å². The van der Waals surface area contributed by atoms with Crippen molar-refractivity contribution in [2.24, 2.45) is 0 Å². The maximum atomic E-state index is 12.8. The molecule has 1 atom stereocenters. The molecule has 3 rings (SSSR count). The van der Waals surface area contributed by atoms with Gasteiger partial charge in [0.05, 0.1) is 20.3 Å². The van der Waals surface area contributed by atoms with E-state index in [0.29, 0.717) is 24.3 Å². The number of methoxy groups -OCH3 is 2. The van der Waals surface area contributed by atoms with Gasteiger partial charge in [-0.2, -0.15) is 5.10 Å². The van der Waals surface area contributed by atoms with Crippen LogP contribution in [-0.4, -0.2) is 46.8 Å². The summed E-state index contributed by atoms with van der Waals surface area (Å²) in [5.74, 6) is 2.30. The first-order chi connectivity index (χ1) is 12.2. The lowest BCUT2D eigenvalue weighted by atomic mass is 10.00. The number of carbonyl (C=O) groups excluding carboxylic acids is 1. The molecule has 2 heterocycles. The second kappa shape index (κ2) is 8.00. The predicted octanol–water partition coefficient (Wildman–Crippen LogP) is 2.51. The molecule has 0 saturated carbocycles. The molecule has 0 bridgehead atoms. The van der Waals surface area contributed by atoms with Crippen molar-refractivity contribution in [3.05, 3.63) is 35.9 Å². The van der Waals surface area contributed by atoms with Gasteiger partial charge in [-0.25, -0.2) is 4.98 Å². The van der Waals surface area contributed by atoms with E-state index in [4.69, 9.17) is 9.47 Å². The third-order valence-electron chi connectivity index (χ3n) is 4.65. The molecule has 0 spiro atoms. The molecule has 1 amide bonds. The number of aromatic nitrogens is 3. The largest absolute Gasteiger partial charge is 0.493 e. The van der Waals surface area contributed by atoms with Crippen molar-refractivity contribution in [1.29, 1.82) is 0 Å². The summed E-state index contributed by atoms with van der Waals surface area (Å²) in [6, 6.07) is 5.78. The highest BCUT2D eigenvalue weighted by Gasteiger charge is 2.29. The number of nitrogens with zero attached hydrogens (tertiary/aromatic N) is 3. The fraction of sp³-hybridized carbons (Fsp3) is 0.500. The number of nitrogens with one attached hydrogen (secondary N) is 1. The smallest absolute Gasteiger partial charge is 0.223 e. The lowest BCUT2D eigenvalue weighted by molar-refractivity contribution is -0.135. The third-order valence-corrected chi connectivity index (χ3v) is 4.65. The molecule has 0 radical (unpaired) electrons. The van der Waals surface area contributed by atoms with E-state index in [-0.39, 0.29) is 11.9 Å². The van der Waals surface area contributed by atoms with Gasteiger partial charge in [0, 0.05) is 13.0 Å². The highest BCUT2D eigenvalue weighted by Crippen LogP contribution is 2.30. The normalized spacial score (nSPS) is 17.4. The fourth-order valence-electron chi connectivity index (χ4n) is 3.32. The molecule has 1 aliphatic heterocycles. The number of piperidine rings is 1. The van der Waals surface area contributed by atoms with E-state index in [2.05, 4.69) is 15.2 Å². The van der Waals surface area contributed by atoms with E-state index in [1.54, 1.807) is 14.2 Å². The highest BCUT2D eigenvalue weighted by atomic mass is 16.5. The van der Waals surface area contributed by atoms with Gasteiger partial charge in [-0.1, -0.05) is 6.07 Å². The Morgan fingerprint density at radius 3 is 2.84 bits per heavy atom. The number of likely N-dealkylation sites (tertiary alicyclic amines) is 1. The van der Waals surface area contributed by atoms with Crippen LogP contribution in [-0.2, 0) is 11.2 Å². The molecule has 1 aromatic heterocycles. The molecule has 1 N–H and O–H groups in total. The van der Waals surface area contributed by atoms with Crippen LogP contribution in [0.3, 0.4) is 0 Å². The predicted molar refractivity (Wildman–Crippen MR) is 92.6 cm³/mol. The molecule has 7 nitrogen and oxygen atoms in total. The molecule has 134 valence electrons. The number of ether oxygens (including phenoxy) is 2. The average molecular weight is 344 g/mol. The average Bonchev–Trinajstić information content (AvgIpc) is 3.20. The van der Waals surface area contributed by atoms with Crippen molar-refractivity contribution in [3.8, 4) is 11.5 Å². The van der Waals surface area contributed by atoms with Gasteiger partial charge in [0.25, 0.3) is 0 Å². The van der Waals surface area contributed by atoms with E-state index in [1.807, 2.05) is 23.1 Å². The Kier molecular flexibility index (Phi) is 5.53. The van der Waals surface area contributed by atoms with Crippen molar-refractivity contribution < 1.29 is 14.3 Å². The fourth-order valence-corrected chi connectivity index (χ4v) is 3.32. The van der Waals surface area contributed by atoms with E-state index in [9.17, 15) is 4.79 Å². The van der Waals surface area contributed by atoms with Crippen molar-refractivity contribution >= 4 is 5.91 Å². The summed E-state index contributed by atoms with van der Waals surface area (Å²) in [5.41, 5.74) is 1.05. The van der Waals surface area contributed by atoms with Crippen molar-refractivity contribution in [2.75, 3.05) is 20.8 Å². The van der Waals surface area contributed by atoms with Crippen LogP contribution < -0.4 is 9.47 Å².